The van der Waals surface area contributed by atoms with E-state index < -0.39 is 52.4 Å². The topological polar surface area (TPSA) is 52.0 Å². The summed E-state index contributed by atoms with van der Waals surface area (Å²) in [6, 6.07) is 2.42. The highest BCUT2D eigenvalue weighted by Gasteiger charge is 2.61. The minimum absolute atomic E-state index is 0.290. The lowest BCUT2D eigenvalue weighted by atomic mass is 9.70. The lowest BCUT2D eigenvalue weighted by Crippen LogP contribution is -2.54. The fourth-order valence-corrected chi connectivity index (χ4v) is 2.81. The molecule has 1 aromatic rings. The number of hydrogen-bond donors (Lipinski definition) is 2. The van der Waals surface area contributed by atoms with Crippen molar-refractivity contribution in [3.8, 4) is 0 Å². The summed E-state index contributed by atoms with van der Waals surface area (Å²) in [5, 5.41) is 0. The van der Waals surface area contributed by atoms with E-state index in [9.17, 15) is 39.5 Å². The monoisotopic (exact) mass is 390 g/mol. The lowest BCUT2D eigenvalue weighted by molar-refractivity contribution is -0.200. The van der Waals surface area contributed by atoms with Gasteiger partial charge in [0.25, 0.3) is 0 Å². The predicted molar refractivity (Wildman–Crippen MR) is 73.3 cm³/mol. The Morgan fingerprint density at radius 3 is 1.92 bits per heavy atom. The van der Waals surface area contributed by atoms with Crippen molar-refractivity contribution in [2.45, 2.75) is 24.1 Å². The van der Waals surface area contributed by atoms with Crippen LogP contribution in [0.2, 0.25) is 0 Å². The van der Waals surface area contributed by atoms with Crippen LogP contribution >= 0.6 is 0 Å². The summed E-state index contributed by atoms with van der Waals surface area (Å²) in [6.45, 7) is 0. The van der Waals surface area contributed by atoms with E-state index in [0.717, 1.165) is 12.1 Å². The molecule has 2 rings (SSSR count). The minimum Gasteiger partial charge on any atom is -0.398 e. The van der Waals surface area contributed by atoms with Crippen LogP contribution in [0.25, 0.3) is 0 Å². The third-order valence-electron chi connectivity index (χ3n) is 3.94. The second-order valence-corrected chi connectivity index (χ2v) is 5.69. The maximum absolute atomic E-state index is 13.5. The molecule has 0 aliphatic heterocycles. The smallest absolute Gasteiger partial charge is 0.398 e. The molecule has 4 N–H and O–H groups in total. The minimum atomic E-state index is -5.52. The number of rotatable bonds is 1. The van der Waals surface area contributed by atoms with E-state index in [0.29, 0.717) is 24.3 Å². The third-order valence-corrected chi connectivity index (χ3v) is 3.94. The summed E-state index contributed by atoms with van der Waals surface area (Å²) >= 11 is 0. The van der Waals surface area contributed by atoms with Crippen molar-refractivity contribution < 1.29 is 39.5 Å². The first-order valence-corrected chi connectivity index (χ1v) is 6.88. The lowest BCUT2D eigenvalue weighted by Gasteiger charge is -2.41. The molecular weight excluding hydrogens is 379 g/mol. The van der Waals surface area contributed by atoms with Crippen LogP contribution in [0.4, 0.5) is 39.5 Å². The molecule has 0 fully saturated rings. The van der Waals surface area contributed by atoms with Gasteiger partial charge in [0.1, 0.15) is 5.92 Å². The summed E-state index contributed by atoms with van der Waals surface area (Å²) in [6.07, 6.45) is -14.9. The van der Waals surface area contributed by atoms with Gasteiger partial charge in [0.05, 0.1) is 16.7 Å². The molecule has 0 radical (unpaired) electrons. The van der Waals surface area contributed by atoms with Crippen LogP contribution in [0.1, 0.15) is 11.1 Å². The third kappa shape index (κ3) is 3.53. The normalized spacial score (nSPS) is 24.9. The van der Waals surface area contributed by atoms with Gasteiger partial charge in [-0.15, -0.1) is 0 Å². The zero-order valence-electron chi connectivity index (χ0n) is 12.6. The largest absolute Gasteiger partial charge is 0.416 e. The second-order valence-electron chi connectivity index (χ2n) is 5.69. The molecule has 0 saturated heterocycles. The van der Waals surface area contributed by atoms with E-state index in [2.05, 4.69) is 0 Å². The summed E-state index contributed by atoms with van der Waals surface area (Å²) < 4.78 is 119. The highest BCUT2D eigenvalue weighted by molar-refractivity contribution is 5.46. The number of allylic oxidation sites excluding steroid dienone is 1. The first-order valence-electron chi connectivity index (χ1n) is 6.88. The van der Waals surface area contributed by atoms with Gasteiger partial charge < -0.3 is 11.5 Å². The van der Waals surface area contributed by atoms with Gasteiger partial charge in [0.15, 0.2) is 0 Å². The molecule has 144 valence electrons. The number of halogens is 9. The number of nitrogens with two attached hydrogens (primary N) is 2. The summed E-state index contributed by atoms with van der Waals surface area (Å²) in [4.78, 5) is 0. The number of benzene rings is 1. The van der Waals surface area contributed by atoms with Crippen molar-refractivity contribution >= 4 is 0 Å². The Balaban J connectivity index is 2.73. The molecular formula is C15H11F9N2. The van der Waals surface area contributed by atoms with Gasteiger partial charge >= 0.3 is 18.5 Å². The van der Waals surface area contributed by atoms with Crippen molar-refractivity contribution in [3.63, 3.8) is 0 Å². The Morgan fingerprint density at radius 1 is 0.885 bits per heavy atom. The van der Waals surface area contributed by atoms with Crippen LogP contribution in [-0.4, -0.2) is 12.4 Å². The second kappa shape index (κ2) is 5.93. The Morgan fingerprint density at radius 2 is 1.46 bits per heavy atom. The van der Waals surface area contributed by atoms with E-state index in [1.165, 1.54) is 0 Å². The molecule has 0 aromatic heterocycles. The maximum atomic E-state index is 13.5. The van der Waals surface area contributed by atoms with Crippen molar-refractivity contribution in [2.75, 3.05) is 0 Å². The number of alkyl halides is 9. The van der Waals surface area contributed by atoms with Crippen LogP contribution in [-0.2, 0) is 11.7 Å². The molecule has 1 aliphatic carbocycles. The number of hydrogen-bond acceptors (Lipinski definition) is 2. The molecule has 0 amide bonds. The summed E-state index contributed by atoms with van der Waals surface area (Å²) in [5.74, 6) is -3.37. The fourth-order valence-electron chi connectivity index (χ4n) is 2.81. The maximum Gasteiger partial charge on any atom is 0.416 e. The average molecular weight is 390 g/mol. The highest BCUT2D eigenvalue weighted by Crippen LogP contribution is 2.52. The van der Waals surface area contributed by atoms with Crippen molar-refractivity contribution in [3.05, 3.63) is 58.8 Å². The van der Waals surface area contributed by atoms with Crippen LogP contribution in [0.3, 0.4) is 0 Å². The van der Waals surface area contributed by atoms with Gasteiger partial charge in [-0.3, -0.25) is 0 Å². The molecule has 2 nitrogen and oxygen atoms in total. The molecule has 2 atom stereocenters. The highest BCUT2D eigenvalue weighted by atomic mass is 19.4. The molecule has 11 heteroatoms. The zero-order chi connectivity index (χ0) is 20.1. The van der Waals surface area contributed by atoms with E-state index in [1.807, 2.05) is 0 Å². The molecule has 1 aromatic carbocycles. The SMILES string of the molecule is NC1=C(C(F)(F)F)C(C(F)(F)F)C(N)(c2cccc(C(F)(F)F)c2)C=C1. The first-order chi connectivity index (χ1) is 11.6. The zero-order valence-corrected chi connectivity index (χ0v) is 12.6. The van der Waals surface area contributed by atoms with E-state index in [1.54, 1.807) is 0 Å². The summed E-state index contributed by atoms with van der Waals surface area (Å²) in [7, 11) is 0. The van der Waals surface area contributed by atoms with Crippen LogP contribution in [0, 0.1) is 5.92 Å². The Kier molecular flexibility index (Phi) is 4.60. The molecule has 0 spiro atoms. The Bertz CT molecular complexity index is 756. The Hall–Kier alpha value is -2.17. The van der Waals surface area contributed by atoms with E-state index >= 15 is 0 Å². The Labute approximate surface area is 141 Å². The van der Waals surface area contributed by atoms with Gasteiger partial charge in [-0.1, -0.05) is 18.2 Å². The van der Waals surface area contributed by atoms with E-state index in [-0.39, 0.29) is 0 Å². The summed E-state index contributed by atoms with van der Waals surface area (Å²) in [5.41, 5.74) is 2.31. The quantitative estimate of drug-likeness (QED) is 0.700. The molecule has 2 unspecified atom stereocenters. The molecule has 1 aliphatic rings. The van der Waals surface area contributed by atoms with Gasteiger partial charge in [-0.2, -0.15) is 39.5 Å². The van der Waals surface area contributed by atoms with Gasteiger partial charge in [0, 0.05) is 5.70 Å². The van der Waals surface area contributed by atoms with Crippen molar-refractivity contribution in [2.24, 2.45) is 17.4 Å². The fraction of sp³-hybridized carbons (Fsp3) is 0.333. The van der Waals surface area contributed by atoms with Crippen LogP contribution in [0.5, 0.6) is 0 Å². The molecule has 0 heterocycles. The van der Waals surface area contributed by atoms with Crippen LogP contribution in [0.15, 0.2) is 47.7 Å². The van der Waals surface area contributed by atoms with Crippen LogP contribution < -0.4 is 11.5 Å². The van der Waals surface area contributed by atoms with E-state index in [4.69, 9.17) is 11.5 Å². The van der Waals surface area contributed by atoms with Crippen molar-refractivity contribution in [1.29, 1.82) is 0 Å². The molecule has 26 heavy (non-hydrogen) atoms. The van der Waals surface area contributed by atoms with Gasteiger partial charge in [-0.05, 0) is 23.8 Å². The molecule has 0 saturated carbocycles. The molecule has 0 bridgehead atoms. The predicted octanol–water partition coefficient (Wildman–Crippen LogP) is 4.38. The first kappa shape index (κ1) is 20.1. The van der Waals surface area contributed by atoms with Gasteiger partial charge in [0.2, 0.25) is 0 Å². The standard InChI is InChI=1S/C15H11F9N2/c16-13(17,18)8-3-1-2-7(6-8)12(26)5-4-9(25)10(14(19,20)21)11(12)15(22,23)24/h1-6,11H,25-26H2. The average Bonchev–Trinajstić information content (AvgIpc) is 2.46. The van der Waals surface area contributed by atoms with Crippen molar-refractivity contribution in [1.82, 2.24) is 0 Å². The van der Waals surface area contributed by atoms with Gasteiger partial charge in [-0.25, -0.2) is 0 Å².